The number of aliphatic imine (C=N–C) groups is 1. The molecule has 0 saturated carbocycles. The molecule has 0 amide bonds. The molecule has 19 heavy (non-hydrogen) atoms. The van der Waals surface area contributed by atoms with Gasteiger partial charge in [-0.15, -0.1) is 0 Å². The van der Waals surface area contributed by atoms with Gasteiger partial charge in [-0.25, -0.2) is 4.98 Å². The molecule has 0 aliphatic heterocycles. The van der Waals surface area contributed by atoms with Gasteiger partial charge in [-0.3, -0.25) is 4.98 Å². The van der Waals surface area contributed by atoms with Crippen molar-refractivity contribution < 1.29 is 0 Å². The first-order chi connectivity index (χ1) is 9.28. The average Bonchev–Trinajstić information content (AvgIpc) is 2.44. The number of pyridine rings is 2. The van der Waals surface area contributed by atoms with Crippen LogP contribution in [0.25, 0.3) is 16.6 Å². The summed E-state index contributed by atoms with van der Waals surface area (Å²) in [6.07, 6.45) is 4.70. The van der Waals surface area contributed by atoms with Crippen LogP contribution in [0.5, 0.6) is 0 Å². The van der Waals surface area contributed by atoms with Gasteiger partial charge in [0.2, 0.25) is 0 Å². The molecule has 0 radical (unpaired) electrons. The third kappa shape index (κ3) is 2.88. The Balaban J connectivity index is 2.57. The quantitative estimate of drug-likeness (QED) is 0.661. The third-order valence-corrected chi connectivity index (χ3v) is 2.56. The molecule has 2 aromatic rings. The highest BCUT2D eigenvalue weighted by atomic mass is 32.1. The largest absolute Gasteiger partial charge is 0.393 e. The highest BCUT2D eigenvalue weighted by Gasteiger charge is 2.03. The predicted molar refractivity (Wildman–Crippen MR) is 80.0 cm³/mol. The van der Waals surface area contributed by atoms with E-state index in [2.05, 4.69) is 37.7 Å². The summed E-state index contributed by atoms with van der Waals surface area (Å²) >= 11 is 4.56. The number of rotatable bonds is 4. The van der Waals surface area contributed by atoms with Crippen molar-refractivity contribution in [3.05, 3.63) is 36.2 Å². The molecule has 94 valence electrons. The SMILES string of the molecule is CN/C=C(\C=N)c1cnc2ccc(N=C=S)nc2c1. The third-order valence-electron chi connectivity index (χ3n) is 2.47. The van der Waals surface area contributed by atoms with E-state index in [1.165, 1.54) is 6.21 Å². The summed E-state index contributed by atoms with van der Waals surface area (Å²) < 4.78 is 0. The summed E-state index contributed by atoms with van der Waals surface area (Å²) in [4.78, 5) is 12.5. The van der Waals surface area contributed by atoms with Gasteiger partial charge in [0.1, 0.15) is 0 Å². The number of thiocarbonyl (C=S) groups is 1. The summed E-state index contributed by atoms with van der Waals surface area (Å²) in [6, 6.07) is 5.41. The van der Waals surface area contributed by atoms with E-state index < -0.39 is 0 Å². The van der Waals surface area contributed by atoms with Crippen molar-refractivity contribution in [2.24, 2.45) is 4.99 Å². The number of aromatic nitrogens is 2. The summed E-state index contributed by atoms with van der Waals surface area (Å²) in [5.41, 5.74) is 3.00. The van der Waals surface area contributed by atoms with Crippen molar-refractivity contribution in [2.45, 2.75) is 0 Å². The molecule has 5 nitrogen and oxygen atoms in total. The van der Waals surface area contributed by atoms with Gasteiger partial charge in [0.25, 0.3) is 0 Å². The van der Waals surface area contributed by atoms with Gasteiger partial charge in [0.15, 0.2) is 5.82 Å². The highest BCUT2D eigenvalue weighted by molar-refractivity contribution is 7.78. The summed E-state index contributed by atoms with van der Waals surface area (Å²) in [5, 5.41) is 12.6. The molecule has 0 aliphatic carbocycles. The van der Waals surface area contributed by atoms with Crippen LogP contribution in [0.3, 0.4) is 0 Å². The van der Waals surface area contributed by atoms with E-state index in [0.717, 1.165) is 16.7 Å². The molecule has 0 unspecified atom stereocenters. The molecular formula is C13H11N5S. The van der Waals surface area contributed by atoms with Gasteiger partial charge in [-0.2, -0.15) is 4.99 Å². The lowest BCUT2D eigenvalue weighted by atomic mass is 10.1. The molecule has 2 N–H and O–H groups in total. The normalized spacial score (nSPS) is 10.9. The Kier molecular flexibility index (Phi) is 4.07. The highest BCUT2D eigenvalue weighted by Crippen LogP contribution is 2.19. The summed E-state index contributed by atoms with van der Waals surface area (Å²) in [5.74, 6) is 0.496. The van der Waals surface area contributed by atoms with Gasteiger partial charge < -0.3 is 10.7 Å². The maximum atomic E-state index is 7.39. The Hall–Kier alpha value is -2.43. The molecule has 6 heteroatoms. The van der Waals surface area contributed by atoms with E-state index >= 15 is 0 Å². The number of nitrogens with one attached hydrogen (secondary N) is 2. The van der Waals surface area contributed by atoms with Gasteiger partial charge in [-0.1, -0.05) is 0 Å². The Labute approximate surface area is 115 Å². The van der Waals surface area contributed by atoms with Crippen molar-refractivity contribution in [1.29, 1.82) is 5.41 Å². The van der Waals surface area contributed by atoms with E-state index in [4.69, 9.17) is 5.41 Å². The lowest BCUT2D eigenvalue weighted by Gasteiger charge is -2.03. The fraction of sp³-hybridized carbons (Fsp3) is 0.0769. The minimum atomic E-state index is 0.496. The zero-order chi connectivity index (χ0) is 13.7. The molecule has 0 bridgehead atoms. The van der Waals surface area contributed by atoms with Crippen LogP contribution in [0.4, 0.5) is 5.82 Å². The second-order valence-corrected chi connectivity index (χ2v) is 3.85. The molecule has 0 aliphatic rings. The number of allylic oxidation sites excluding steroid dienone is 1. The van der Waals surface area contributed by atoms with Crippen LogP contribution < -0.4 is 5.32 Å². The second kappa shape index (κ2) is 5.95. The first kappa shape index (κ1) is 13.0. The zero-order valence-corrected chi connectivity index (χ0v) is 11.0. The molecule has 0 atom stereocenters. The lowest BCUT2D eigenvalue weighted by molar-refractivity contribution is 1.11. The number of isothiocyanates is 1. The van der Waals surface area contributed by atoms with Crippen LogP contribution in [-0.2, 0) is 0 Å². The van der Waals surface area contributed by atoms with Crippen molar-refractivity contribution in [1.82, 2.24) is 15.3 Å². The van der Waals surface area contributed by atoms with E-state index in [1.807, 2.05) is 12.1 Å². The van der Waals surface area contributed by atoms with Gasteiger partial charge >= 0.3 is 0 Å². The Morgan fingerprint density at radius 3 is 3.00 bits per heavy atom. The molecule has 0 spiro atoms. The van der Waals surface area contributed by atoms with E-state index in [0.29, 0.717) is 11.3 Å². The Bertz CT molecular complexity index is 701. The molecular weight excluding hydrogens is 258 g/mol. The zero-order valence-electron chi connectivity index (χ0n) is 10.2. The maximum Gasteiger partial charge on any atom is 0.163 e. The number of hydrogen-bond donors (Lipinski definition) is 2. The van der Waals surface area contributed by atoms with Crippen LogP contribution >= 0.6 is 12.2 Å². The Morgan fingerprint density at radius 1 is 1.47 bits per heavy atom. The molecule has 0 aromatic carbocycles. The van der Waals surface area contributed by atoms with Crippen molar-refractivity contribution in [3.63, 3.8) is 0 Å². The van der Waals surface area contributed by atoms with Gasteiger partial charge in [0, 0.05) is 36.8 Å². The minimum absolute atomic E-state index is 0.496. The van der Waals surface area contributed by atoms with E-state index in [-0.39, 0.29) is 0 Å². The molecule has 0 fully saturated rings. The summed E-state index contributed by atoms with van der Waals surface area (Å²) in [7, 11) is 1.78. The van der Waals surface area contributed by atoms with Gasteiger partial charge in [-0.05, 0) is 30.4 Å². The lowest BCUT2D eigenvalue weighted by Crippen LogP contribution is -1.98. The fourth-order valence-corrected chi connectivity index (χ4v) is 1.72. The van der Waals surface area contributed by atoms with Crippen LogP contribution in [-0.4, -0.2) is 28.4 Å². The summed E-state index contributed by atoms with van der Waals surface area (Å²) in [6.45, 7) is 0. The van der Waals surface area contributed by atoms with Crippen molar-refractivity contribution >= 4 is 46.0 Å². The topological polar surface area (TPSA) is 74.0 Å². The molecule has 2 aromatic heterocycles. The fourth-order valence-electron chi connectivity index (χ4n) is 1.63. The first-order valence-electron chi connectivity index (χ1n) is 5.51. The van der Waals surface area contributed by atoms with Crippen LogP contribution in [0, 0.1) is 5.41 Å². The van der Waals surface area contributed by atoms with Gasteiger partial charge in [0.05, 0.1) is 16.2 Å². The minimum Gasteiger partial charge on any atom is -0.393 e. The van der Waals surface area contributed by atoms with E-state index in [9.17, 15) is 0 Å². The second-order valence-electron chi connectivity index (χ2n) is 3.67. The van der Waals surface area contributed by atoms with Crippen molar-refractivity contribution in [2.75, 3.05) is 7.05 Å². The average molecular weight is 269 g/mol. The molecule has 2 heterocycles. The van der Waals surface area contributed by atoms with Crippen LogP contribution in [0.15, 0.2) is 35.6 Å². The van der Waals surface area contributed by atoms with Crippen LogP contribution in [0.2, 0.25) is 0 Å². The molecule has 2 rings (SSSR count). The first-order valence-corrected chi connectivity index (χ1v) is 5.92. The number of nitrogens with zero attached hydrogens (tertiary/aromatic N) is 3. The monoisotopic (exact) mass is 269 g/mol. The predicted octanol–water partition coefficient (Wildman–Crippen LogP) is 2.57. The number of hydrogen-bond acceptors (Lipinski definition) is 6. The Morgan fingerprint density at radius 2 is 2.32 bits per heavy atom. The number of fused-ring (bicyclic) bond motifs is 1. The van der Waals surface area contributed by atoms with Crippen LogP contribution in [0.1, 0.15) is 5.56 Å². The van der Waals surface area contributed by atoms with Crippen molar-refractivity contribution in [3.8, 4) is 0 Å². The standard InChI is InChI=1S/C13H11N5S/c1-15-6-10(5-14)9-4-12-11(16-7-9)2-3-13(18-12)17-8-19/h2-7,14-15H,1H3/b10-6+,14-5?. The molecule has 0 saturated heterocycles. The van der Waals surface area contributed by atoms with E-state index in [1.54, 1.807) is 25.5 Å². The maximum absolute atomic E-state index is 7.39. The smallest absolute Gasteiger partial charge is 0.163 e.